The Kier molecular flexibility index (Phi) is 8.45. The van der Waals surface area contributed by atoms with Gasteiger partial charge in [-0.25, -0.2) is 9.59 Å². The first kappa shape index (κ1) is 18.9. The Balaban J connectivity index is 0. The summed E-state index contributed by atoms with van der Waals surface area (Å²) < 4.78 is 0. The molecule has 0 aliphatic heterocycles. The quantitative estimate of drug-likeness (QED) is 0.643. The second kappa shape index (κ2) is 8.94. The molecule has 0 saturated heterocycles. The summed E-state index contributed by atoms with van der Waals surface area (Å²) in [5.41, 5.74) is 0.723. The van der Waals surface area contributed by atoms with Crippen LogP contribution in [-0.4, -0.2) is 40.1 Å². The van der Waals surface area contributed by atoms with Crippen LogP contribution in [0.5, 0.6) is 0 Å². The number of likely N-dealkylation sites (N-methyl/N-ethyl adjacent to an activating group) is 1. The van der Waals surface area contributed by atoms with Crippen LogP contribution >= 0.6 is 0 Å². The third-order valence-electron chi connectivity index (χ3n) is 2.77. The summed E-state index contributed by atoms with van der Waals surface area (Å²) in [6.45, 7) is 3.80. The van der Waals surface area contributed by atoms with E-state index in [2.05, 4.69) is 10.3 Å². The molecular formula is C13H20N3NaO3. The van der Waals surface area contributed by atoms with E-state index in [1.165, 1.54) is 11.9 Å². The predicted molar refractivity (Wildman–Crippen MR) is 71.6 cm³/mol. The monoisotopic (exact) mass is 289 g/mol. The predicted octanol–water partition coefficient (Wildman–Crippen LogP) is -1.55. The fraction of sp³-hybridized carbons (Fsp3) is 0.462. The van der Waals surface area contributed by atoms with E-state index in [4.69, 9.17) is 5.11 Å². The van der Waals surface area contributed by atoms with Gasteiger partial charge in [0, 0.05) is 13.2 Å². The van der Waals surface area contributed by atoms with Crippen LogP contribution in [0.15, 0.2) is 24.4 Å². The molecule has 2 N–H and O–H groups in total. The van der Waals surface area contributed by atoms with Gasteiger partial charge in [0.05, 0.1) is 12.2 Å². The van der Waals surface area contributed by atoms with Crippen LogP contribution in [0.1, 0.15) is 21.0 Å². The third-order valence-corrected chi connectivity index (χ3v) is 2.77. The van der Waals surface area contributed by atoms with Gasteiger partial charge >= 0.3 is 41.6 Å². The number of rotatable bonds is 5. The molecule has 1 unspecified atom stereocenters. The molecule has 2 amide bonds. The molecule has 0 aromatic carbocycles. The normalized spacial score (nSPS) is 11.4. The number of carboxylic acid groups (broad SMARTS) is 1. The van der Waals surface area contributed by atoms with Crippen molar-refractivity contribution in [2.45, 2.75) is 26.4 Å². The fourth-order valence-corrected chi connectivity index (χ4v) is 1.82. The zero-order valence-electron chi connectivity index (χ0n) is 13.3. The minimum Gasteiger partial charge on any atom is -1.00 e. The van der Waals surface area contributed by atoms with Gasteiger partial charge in [-0.2, -0.15) is 0 Å². The number of aliphatic carboxylic acids is 1. The number of amides is 2. The zero-order valence-corrected chi connectivity index (χ0v) is 14.3. The van der Waals surface area contributed by atoms with E-state index >= 15 is 0 Å². The molecule has 1 aromatic rings. The molecular weight excluding hydrogens is 269 g/mol. The number of urea groups is 1. The number of hydrogen-bond acceptors (Lipinski definition) is 3. The van der Waals surface area contributed by atoms with Gasteiger partial charge in [0.1, 0.15) is 6.04 Å². The smallest absolute Gasteiger partial charge is 1.00 e. The van der Waals surface area contributed by atoms with Gasteiger partial charge < -0.3 is 16.7 Å². The van der Waals surface area contributed by atoms with Gasteiger partial charge in [-0.1, -0.05) is 19.9 Å². The molecule has 20 heavy (non-hydrogen) atoms. The van der Waals surface area contributed by atoms with Crippen LogP contribution in [0.3, 0.4) is 0 Å². The standard InChI is InChI=1S/C13H19N3O3.Na.H/c1-9(2)11(12(17)18)16(3)13(19)15-8-10-6-4-5-7-14-10;;/h4-7,9,11H,8H2,1-3H3,(H,15,19)(H,17,18);;/q;+1;-1. The average molecular weight is 289 g/mol. The number of nitrogens with one attached hydrogen (secondary N) is 1. The Morgan fingerprint density at radius 2 is 2.10 bits per heavy atom. The Hall–Kier alpha value is -1.11. The fourth-order valence-electron chi connectivity index (χ4n) is 1.82. The molecule has 0 aliphatic carbocycles. The average Bonchev–Trinajstić information content (AvgIpc) is 2.36. The minimum atomic E-state index is -1.01. The van der Waals surface area contributed by atoms with Crippen LogP contribution in [0, 0.1) is 5.92 Å². The Bertz CT molecular complexity index is 446. The molecule has 1 aromatic heterocycles. The van der Waals surface area contributed by atoms with Crippen molar-refractivity contribution in [2.24, 2.45) is 5.92 Å². The second-order valence-corrected chi connectivity index (χ2v) is 4.62. The van der Waals surface area contributed by atoms with Crippen molar-refractivity contribution in [1.82, 2.24) is 15.2 Å². The Labute approximate surface area is 142 Å². The molecule has 7 heteroatoms. The molecule has 0 fully saturated rings. The zero-order chi connectivity index (χ0) is 14.4. The van der Waals surface area contributed by atoms with Crippen LogP contribution in [0.25, 0.3) is 0 Å². The van der Waals surface area contributed by atoms with Gasteiger partial charge in [0.25, 0.3) is 0 Å². The number of carboxylic acids is 1. The van der Waals surface area contributed by atoms with Gasteiger partial charge in [-0.15, -0.1) is 0 Å². The largest absolute Gasteiger partial charge is 1.00 e. The third kappa shape index (κ3) is 5.48. The summed E-state index contributed by atoms with van der Waals surface area (Å²) in [5, 5.41) is 11.8. The van der Waals surface area contributed by atoms with E-state index in [1.807, 2.05) is 6.07 Å². The number of pyridine rings is 1. The topological polar surface area (TPSA) is 82.5 Å². The molecule has 6 nitrogen and oxygen atoms in total. The maximum absolute atomic E-state index is 11.9. The van der Waals surface area contributed by atoms with Crippen LogP contribution in [0.4, 0.5) is 4.79 Å². The number of carbonyl (C=O) groups is 2. The van der Waals surface area contributed by atoms with Gasteiger partial charge in [-0.3, -0.25) is 4.98 Å². The van der Waals surface area contributed by atoms with Gasteiger partial charge in [-0.05, 0) is 18.1 Å². The number of hydrogen-bond donors (Lipinski definition) is 2. The van der Waals surface area contributed by atoms with Gasteiger partial charge in [0.2, 0.25) is 0 Å². The molecule has 1 heterocycles. The summed E-state index contributed by atoms with van der Waals surface area (Å²) in [7, 11) is 1.48. The van der Waals surface area contributed by atoms with Crippen LogP contribution in [0.2, 0.25) is 0 Å². The first-order valence-electron chi connectivity index (χ1n) is 6.07. The maximum atomic E-state index is 11.9. The summed E-state index contributed by atoms with van der Waals surface area (Å²) in [6.07, 6.45) is 1.64. The molecule has 1 atom stereocenters. The summed E-state index contributed by atoms with van der Waals surface area (Å²) >= 11 is 0. The van der Waals surface area contributed by atoms with E-state index in [-0.39, 0.29) is 43.4 Å². The molecule has 0 saturated carbocycles. The van der Waals surface area contributed by atoms with E-state index < -0.39 is 18.0 Å². The van der Waals surface area contributed by atoms with Crippen LogP contribution in [-0.2, 0) is 11.3 Å². The summed E-state index contributed by atoms with van der Waals surface area (Å²) in [5.74, 6) is -1.17. The number of nitrogens with zero attached hydrogens (tertiary/aromatic N) is 2. The summed E-state index contributed by atoms with van der Waals surface area (Å²) in [4.78, 5) is 28.3. The first-order chi connectivity index (χ1) is 8.93. The molecule has 106 valence electrons. The SMILES string of the molecule is CC(C)C(C(=O)O)N(C)C(=O)NCc1ccccn1.[H-].[Na+]. The van der Waals surface area contributed by atoms with E-state index in [1.54, 1.807) is 32.2 Å². The molecule has 0 bridgehead atoms. The Morgan fingerprint density at radius 1 is 1.45 bits per heavy atom. The van der Waals surface area contributed by atoms with E-state index in [0.717, 1.165) is 5.69 Å². The summed E-state index contributed by atoms with van der Waals surface area (Å²) in [6, 6.07) is 4.14. The van der Waals surface area contributed by atoms with Crippen LogP contribution < -0.4 is 34.9 Å². The van der Waals surface area contributed by atoms with Crippen molar-refractivity contribution in [3.05, 3.63) is 30.1 Å². The Morgan fingerprint density at radius 3 is 2.55 bits per heavy atom. The molecule has 0 spiro atoms. The van der Waals surface area contributed by atoms with Crippen molar-refractivity contribution in [1.29, 1.82) is 0 Å². The number of carbonyl (C=O) groups excluding carboxylic acids is 1. The van der Waals surface area contributed by atoms with Crippen molar-refractivity contribution >= 4 is 12.0 Å². The molecule has 0 aliphatic rings. The van der Waals surface area contributed by atoms with Crippen molar-refractivity contribution in [3.8, 4) is 0 Å². The minimum absolute atomic E-state index is 0. The molecule has 0 radical (unpaired) electrons. The first-order valence-corrected chi connectivity index (χ1v) is 6.07. The van der Waals surface area contributed by atoms with E-state index in [0.29, 0.717) is 0 Å². The number of aromatic nitrogens is 1. The van der Waals surface area contributed by atoms with Gasteiger partial charge in [0.15, 0.2) is 0 Å². The molecule has 1 rings (SSSR count). The van der Waals surface area contributed by atoms with E-state index in [9.17, 15) is 9.59 Å². The second-order valence-electron chi connectivity index (χ2n) is 4.62. The maximum Gasteiger partial charge on any atom is 1.00 e. The van der Waals surface area contributed by atoms with Crippen molar-refractivity contribution < 1.29 is 45.7 Å². The van der Waals surface area contributed by atoms with Crippen molar-refractivity contribution in [2.75, 3.05) is 7.05 Å². The van der Waals surface area contributed by atoms with Crippen molar-refractivity contribution in [3.63, 3.8) is 0 Å².